The van der Waals surface area contributed by atoms with Crippen LogP contribution in [0.3, 0.4) is 0 Å². The third-order valence-electron chi connectivity index (χ3n) is 1.93. The Kier molecular flexibility index (Phi) is 4.37. The van der Waals surface area contributed by atoms with Gasteiger partial charge in [-0.1, -0.05) is 0 Å². The minimum atomic E-state index is -1.54. The second-order valence-corrected chi connectivity index (χ2v) is 3.09. The van der Waals surface area contributed by atoms with Crippen molar-refractivity contribution in [2.24, 2.45) is 5.34 Å². The molecule has 19 heavy (non-hydrogen) atoms. The molecule has 2 N–H and O–H groups in total. The first kappa shape index (κ1) is 13.9. The topological polar surface area (TPSA) is 129 Å². The zero-order chi connectivity index (χ0) is 14.4. The van der Waals surface area contributed by atoms with E-state index in [1.165, 1.54) is 6.07 Å². The molecule has 0 radical (unpaired) electrons. The first-order valence-electron chi connectivity index (χ1n) is 4.53. The third kappa shape index (κ3) is 3.16. The lowest BCUT2D eigenvalue weighted by Gasteiger charge is -2.04. The molecule has 0 saturated heterocycles. The van der Waals surface area contributed by atoms with Gasteiger partial charge in [0.15, 0.2) is 11.1 Å². The summed E-state index contributed by atoms with van der Waals surface area (Å²) in [5.74, 6) is -3.50. The summed E-state index contributed by atoms with van der Waals surface area (Å²) >= 11 is 0. The molecule has 1 rings (SSSR count). The smallest absolute Gasteiger partial charge is 0.390 e. The predicted molar refractivity (Wildman–Crippen MR) is 57.0 cm³/mol. The highest BCUT2D eigenvalue weighted by atomic mass is 19.3. The molecule has 0 unspecified atom stereocenters. The minimum Gasteiger partial charge on any atom is -0.504 e. The van der Waals surface area contributed by atoms with Gasteiger partial charge >= 0.3 is 5.97 Å². The Labute approximate surface area is 104 Å². The van der Waals surface area contributed by atoms with Crippen LogP contribution in [0.1, 0.15) is 5.56 Å². The van der Waals surface area contributed by atoms with E-state index in [2.05, 4.69) is 9.78 Å². The Morgan fingerprint density at radius 1 is 1.47 bits per heavy atom. The molecule has 0 spiro atoms. The number of phenols is 2. The van der Waals surface area contributed by atoms with Crippen molar-refractivity contribution in [3.63, 3.8) is 0 Å². The van der Waals surface area contributed by atoms with Gasteiger partial charge in [0, 0.05) is 4.53 Å². The van der Waals surface area contributed by atoms with Crippen LogP contribution in [0.2, 0.25) is 0 Å². The number of rotatable bonds is 4. The largest absolute Gasteiger partial charge is 0.504 e. The summed E-state index contributed by atoms with van der Waals surface area (Å²) in [7, 11) is 0. The van der Waals surface area contributed by atoms with Crippen LogP contribution in [0.4, 0.5) is 4.53 Å². The van der Waals surface area contributed by atoms with E-state index in [1.807, 2.05) is 5.34 Å². The van der Waals surface area contributed by atoms with Gasteiger partial charge in [-0.3, -0.25) is 0 Å². The fourth-order valence-corrected chi connectivity index (χ4v) is 1.15. The molecule has 0 atom stereocenters. The third-order valence-corrected chi connectivity index (χ3v) is 1.93. The molecule has 0 heterocycles. The van der Waals surface area contributed by atoms with Crippen LogP contribution in [-0.4, -0.2) is 16.2 Å². The molecule has 0 fully saturated rings. The zero-order valence-corrected chi connectivity index (χ0v) is 9.03. The highest BCUT2D eigenvalue weighted by Gasteiger charge is 2.15. The van der Waals surface area contributed by atoms with Crippen molar-refractivity contribution in [3.05, 3.63) is 28.2 Å². The normalized spacial score (nSPS) is 10.4. The molecule has 0 bridgehead atoms. The number of nitriles is 1. The molecular weight excluding hydrogens is 263 g/mol. The Bertz CT molecular complexity index is 592. The van der Waals surface area contributed by atoms with E-state index < -0.39 is 28.8 Å². The summed E-state index contributed by atoms with van der Waals surface area (Å²) in [5, 5.41) is 29.2. The second kappa shape index (κ2) is 5.97. The molecule has 0 aliphatic rings. The number of phenolic OH excluding ortho intramolecular Hbond substituents is 2. The van der Waals surface area contributed by atoms with Crippen molar-refractivity contribution < 1.29 is 29.3 Å². The highest BCUT2D eigenvalue weighted by molar-refractivity contribution is 5.97. The number of nitrogens with zero attached hydrogens (tertiary/aromatic N) is 2. The number of hydrogen-bond donors (Lipinski definition) is 2. The average Bonchev–Trinajstić information content (AvgIpc) is 2.40. The number of carbonyl (C=O) groups is 1. The maximum absolute atomic E-state index is 11.7. The first-order valence-corrected chi connectivity index (χ1v) is 4.53. The minimum absolute atomic E-state index is 0.0316. The van der Waals surface area contributed by atoms with Crippen molar-refractivity contribution >= 4 is 12.0 Å². The van der Waals surface area contributed by atoms with E-state index in [1.54, 1.807) is 0 Å². The van der Waals surface area contributed by atoms with Crippen LogP contribution >= 0.6 is 0 Å². The van der Waals surface area contributed by atoms with Crippen LogP contribution in [0.5, 0.6) is 17.2 Å². The summed E-state index contributed by atoms with van der Waals surface area (Å²) in [6.07, 6.45) is 0.846. The summed E-state index contributed by atoms with van der Waals surface area (Å²) < 4.78 is 11.7. The molecule has 1 aromatic rings. The van der Waals surface area contributed by atoms with Gasteiger partial charge in [0.25, 0.3) is 0 Å². The summed E-state index contributed by atoms with van der Waals surface area (Å²) in [5.41, 5.74) is -0.742. The fraction of sp³-hybridized carbons (Fsp3) is 0. The molecule has 0 aliphatic heterocycles. The van der Waals surface area contributed by atoms with Gasteiger partial charge in [-0.25, -0.2) is 9.74 Å². The molecule has 1 aromatic carbocycles. The number of hydrogen-bond acceptors (Lipinski definition) is 8. The SMILES string of the molecule is N#C/C(=C\c1cc(O)c(O)c(ON=O)c1)C(=O)OF. The van der Waals surface area contributed by atoms with Crippen molar-refractivity contribution in [2.75, 3.05) is 0 Å². The average molecular weight is 268 g/mol. The Balaban J connectivity index is 3.29. The number of aromatic hydroxyl groups is 2. The van der Waals surface area contributed by atoms with Gasteiger partial charge in [0.05, 0.1) is 0 Å². The monoisotopic (exact) mass is 268 g/mol. The Hall–Kier alpha value is -3.15. The van der Waals surface area contributed by atoms with Gasteiger partial charge in [-0.05, 0) is 23.8 Å². The zero-order valence-electron chi connectivity index (χ0n) is 9.03. The Morgan fingerprint density at radius 3 is 2.68 bits per heavy atom. The standard InChI is InChI=1S/C10H5FN2O6/c11-18-10(16)6(4-12)1-5-2-7(14)9(15)8(3-5)19-13-17/h1-3,14-15H/b6-1+. The van der Waals surface area contributed by atoms with Crippen LogP contribution < -0.4 is 4.84 Å². The van der Waals surface area contributed by atoms with Crippen molar-refractivity contribution in [1.82, 2.24) is 0 Å². The molecule has 9 heteroatoms. The molecule has 0 saturated carbocycles. The van der Waals surface area contributed by atoms with Crippen LogP contribution in [0, 0.1) is 16.2 Å². The molecule has 98 valence electrons. The van der Waals surface area contributed by atoms with Crippen molar-refractivity contribution in [2.45, 2.75) is 0 Å². The molecule has 0 aromatic heterocycles. The highest BCUT2D eigenvalue weighted by Crippen LogP contribution is 2.37. The van der Waals surface area contributed by atoms with E-state index in [9.17, 15) is 24.4 Å². The van der Waals surface area contributed by atoms with Crippen molar-refractivity contribution in [1.29, 1.82) is 5.26 Å². The first-order chi connectivity index (χ1) is 9.03. The van der Waals surface area contributed by atoms with Crippen LogP contribution in [0.25, 0.3) is 6.08 Å². The lowest BCUT2D eigenvalue weighted by atomic mass is 10.1. The van der Waals surface area contributed by atoms with Gasteiger partial charge in [0.2, 0.25) is 11.5 Å². The molecule has 0 aliphatic carbocycles. The second-order valence-electron chi connectivity index (χ2n) is 3.09. The van der Waals surface area contributed by atoms with E-state index in [4.69, 9.17) is 5.26 Å². The number of halogens is 1. The number of carbonyl (C=O) groups excluding carboxylic acids is 1. The summed E-state index contributed by atoms with van der Waals surface area (Å²) in [4.78, 5) is 27.7. The quantitative estimate of drug-likeness (QED) is 0.278. The molecule has 8 nitrogen and oxygen atoms in total. The van der Waals surface area contributed by atoms with E-state index >= 15 is 0 Å². The van der Waals surface area contributed by atoms with E-state index in [0.717, 1.165) is 18.2 Å². The van der Waals surface area contributed by atoms with Crippen molar-refractivity contribution in [3.8, 4) is 23.3 Å². The molecular formula is C10H5FN2O6. The summed E-state index contributed by atoms with van der Waals surface area (Å²) in [6, 6.07) is 3.29. The van der Waals surface area contributed by atoms with Gasteiger partial charge < -0.3 is 15.1 Å². The van der Waals surface area contributed by atoms with Gasteiger partial charge in [0.1, 0.15) is 11.6 Å². The summed E-state index contributed by atoms with van der Waals surface area (Å²) in [6.45, 7) is 0. The Morgan fingerprint density at radius 2 is 2.16 bits per heavy atom. The lowest BCUT2D eigenvalue weighted by Crippen LogP contribution is -2.00. The van der Waals surface area contributed by atoms with Gasteiger partial charge in [-0.15, -0.1) is 4.91 Å². The van der Waals surface area contributed by atoms with E-state index in [0.29, 0.717) is 0 Å². The van der Waals surface area contributed by atoms with Gasteiger partial charge in [-0.2, -0.15) is 5.26 Å². The maximum Gasteiger partial charge on any atom is 0.390 e. The number of benzene rings is 1. The lowest BCUT2D eigenvalue weighted by molar-refractivity contribution is -0.177. The molecule has 0 amide bonds. The maximum atomic E-state index is 11.7. The predicted octanol–water partition coefficient (Wildman–Crippen LogP) is 1.49. The fourth-order valence-electron chi connectivity index (χ4n) is 1.15. The van der Waals surface area contributed by atoms with Crippen LogP contribution in [-0.2, 0) is 9.74 Å². The van der Waals surface area contributed by atoms with E-state index in [-0.39, 0.29) is 5.56 Å². The van der Waals surface area contributed by atoms with Crippen LogP contribution in [0.15, 0.2) is 23.0 Å².